The smallest absolute Gasteiger partial charge is 0.222 e. The Balaban J connectivity index is 0.00000220. The van der Waals surface area contributed by atoms with E-state index in [1.807, 2.05) is 29.2 Å². The first-order valence-corrected chi connectivity index (χ1v) is 7.59. The van der Waals surface area contributed by atoms with Gasteiger partial charge in [0.1, 0.15) is 0 Å². The topological polar surface area (TPSA) is 46.3 Å². The number of nitrogens with two attached hydrogens (primary N) is 1. The minimum absolute atomic E-state index is 0. The SMILES string of the molecule is CC1(C)CCCN(C(=O)CCc2ccccc2N)CC1.Cl. The van der Waals surface area contributed by atoms with Crippen LogP contribution in [0.3, 0.4) is 0 Å². The summed E-state index contributed by atoms with van der Waals surface area (Å²) in [6.07, 6.45) is 4.74. The van der Waals surface area contributed by atoms with E-state index in [0.29, 0.717) is 11.8 Å². The fraction of sp³-hybridized carbons (Fsp3) is 0.588. The number of aryl methyl sites for hydroxylation is 1. The number of carbonyl (C=O) groups excluding carboxylic acids is 1. The standard InChI is InChI=1S/C17H26N2O.ClH/c1-17(2)10-5-12-19(13-11-17)16(20)9-8-14-6-3-4-7-15(14)18;/h3-4,6-7H,5,8-13,18H2,1-2H3;1H. The maximum absolute atomic E-state index is 12.3. The minimum Gasteiger partial charge on any atom is -0.399 e. The largest absolute Gasteiger partial charge is 0.399 e. The number of amides is 1. The van der Waals surface area contributed by atoms with Crippen LogP contribution < -0.4 is 5.73 Å². The van der Waals surface area contributed by atoms with Crippen LogP contribution >= 0.6 is 12.4 Å². The Bertz CT molecular complexity index is 474. The third kappa shape index (κ3) is 5.24. The van der Waals surface area contributed by atoms with Crippen LogP contribution in [0.5, 0.6) is 0 Å². The Morgan fingerprint density at radius 3 is 2.67 bits per heavy atom. The molecule has 0 unspecified atom stereocenters. The highest BCUT2D eigenvalue weighted by Gasteiger charge is 2.25. The van der Waals surface area contributed by atoms with E-state index in [1.165, 1.54) is 6.42 Å². The molecule has 1 amide bonds. The van der Waals surface area contributed by atoms with E-state index in [9.17, 15) is 4.79 Å². The highest BCUT2D eigenvalue weighted by molar-refractivity contribution is 5.85. The molecule has 4 heteroatoms. The van der Waals surface area contributed by atoms with Gasteiger partial charge in [0.25, 0.3) is 0 Å². The number of nitrogens with zero attached hydrogens (tertiary/aromatic N) is 1. The Morgan fingerprint density at radius 1 is 1.24 bits per heavy atom. The molecule has 0 spiro atoms. The average Bonchev–Trinajstić information content (AvgIpc) is 2.58. The number of likely N-dealkylation sites (tertiary alicyclic amines) is 1. The molecule has 0 saturated carbocycles. The van der Waals surface area contributed by atoms with Gasteiger partial charge in [0.2, 0.25) is 5.91 Å². The molecule has 2 rings (SSSR count). The van der Waals surface area contributed by atoms with Crippen molar-refractivity contribution in [3.05, 3.63) is 29.8 Å². The Morgan fingerprint density at radius 2 is 1.95 bits per heavy atom. The molecular weight excluding hydrogens is 284 g/mol. The predicted molar refractivity (Wildman–Crippen MR) is 90.6 cm³/mol. The van der Waals surface area contributed by atoms with Gasteiger partial charge in [-0.1, -0.05) is 32.0 Å². The van der Waals surface area contributed by atoms with E-state index in [-0.39, 0.29) is 18.3 Å². The van der Waals surface area contributed by atoms with Gasteiger partial charge < -0.3 is 10.6 Å². The number of para-hydroxylation sites is 1. The zero-order valence-electron chi connectivity index (χ0n) is 13.1. The fourth-order valence-electron chi connectivity index (χ4n) is 2.83. The van der Waals surface area contributed by atoms with Crippen LogP contribution in [-0.4, -0.2) is 23.9 Å². The Kier molecular flexibility index (Phi) is 6.53. The number of hydrogen-bond acceptors (Lipinski definition) is 2. The Labute approximate surface area is 134 Å². The van der Waals surface area contributed by atoms with Crippen LogP contribution in [-0.2, 0) is 11.2 Å². The van der Waals surface area contributed by atoms with Crippen molar-refractivity contribution in [3.63, 3.8) is 0 Å². The average molecular weight is 311 g/mol. The number of halogens is 1. The second-order valence-electron chi connectivity index (χ2n) is 6.60. The molecule has 0 bridgehead atoms. The molecule has 1 heterocycles. The summed E-state index contributed by atoms with van der Waals surface area (Å²) in [6, 6.07) is 7.81. The lowest BCUT2D eigenvalue weighted by molar-refractivity contribution is -0.131. The van der Waals surface area contributed by atoms with Crippen LogP contribution in [0.2, 0.25) is 0 Å². The number of hydrogen-bond donors (Lipinski definition) is 1. The zero-order valence-corrected chi connectivity index (χ0v) is 13.9. The fourth-order valence-corrected chi connectivity index (χ4v) is 2.83. The van der Waals surface area contributed by atoms with Gasteiger partial charge in [0.15, 0.2) is 0 Å². The van der Waals surface area contributed by atoms with Crippen LogP contribution in [0.4, 0.5) is 5.69 Å². The summed E-state index contributed by atoms with van der Waals surface area (Å²) < 4.78 is 0. The van der Waals surface area contributed by atoms with Crippen LogP contribution in [0, 0.1) is 5.41 Å². The van der Waals surface area contributed by atoms with Gasteiger partial charge in [-0.2, -0.15) is 0 Å². The van der Waals surface area contributed by atoms with E-state index < -0.39 is 0 Å². The molecule has 1 saturated heterocycles. The van der Waals surface area contributed by atoms with Gasteiger partial charge in [0.05, 0.1) is 0 Å². The van der Waals surface area contributed by atoms with E-state index >= 15 is 0 Å². The normalized spacial score (nSPS) is 17.7. The predicted octanol–water partition coefficient (Wildman–Crippen LogP) is 3.66. The molecule has 0 atom stereocenters. The van der Waals surface area contributed by atoms with Gasteiger partial charge in [-0.05, 0) is 42.7 Å². The van der Waals surface area contributed by atoms with Crippen molar-refractivity contribution in [2.24, 2.45) is 5.41 Å². The lowest BCUT2D eigenvalue weighted by atomic mass is 9.85. The lowest BCUT2D eigenvalue weighted by Gasteiger charge is -2.23. The third-order valence-electron chi connectivity index (χ3n) is 4.36. The number of carbonyl (C=O) groups is 1. The first kappa shape index (κ1) is 17.8. The molecule has 1 aromatic carbocycles. The molecule has 21 heavy (non-hydrogen) atoms. The molecule has 1 aliphatic rings. The molecule has 118 valence electrons. The molecule has 2 N–H and O–H groups in total. The highest BCUT2D eigenvalue weighted by Crippen LogP contribution is 2.30. The van der Waals surface area contributed by atoms with Crippen molar-refractivity contribution < 1.29 is 4.79 Å². The number of nitrogen functional groups attached to an aromatic ring is 1. The molecule has 1 fully saturated rings. The summed E-state index contributed by atoms with van der Waals surface area (Å²) >= 11 is 0. The number of benzene rings is 1. The molecule has 0 aliphatic carbocycles. The summed E-state index contributed by atoms with van der Waals surface area (Å²) in [5.41, 5.74) is 8.16. The third-order valence-corrected chi connectivity index (χ3v) is 4.36. The first-order valence-electron chi connectivity index (χ1n) is 7.59. The second-order valence-corrected chi connectivity index (χ2v) is 6.60. The van der Waals surface area contributed by atoms with Crippen molar-refractivity contribution in [3.8, 4) is 0 Å². The summed E-state index contributed by atoms with van der Waals surface area (Å²) in [5, 5.41) is 0. The zero-order chi connectivity index (χ0) is 14.6. The highest BCUT2D eigenvalue weighted by atomic mass is 35.5. The van der Waals surface area contributed by atoms with E-state index in [4.69, 9.17) is 5.73 Å². The van der Waals surface area contributed by atoms with Crippen molar-refractivity contribution in [2.45, 2.75) is 46.0 Å². The van der Waals surface area contributed by atoms with Gasteiger partial charge in [0, 0.05) is 25.2 Å². The van der Waals surface area contributed by atoms with Crippen molar-refractivity contribution in [1.82, 2.24) is 4.90 Å². The quantitative estimate of drug-likeness (QED) is 0.866. The van der Waals surface area contributed by atoms with Crippen molar-refractivity contribution >= 4 is 24.0 Å². The second kappa shape index (κ2) is 7.69. The molecule has 3 nitrogen and oxygen atoms in total. The van der Waals surface area contributed by atoms with Gasteiger partial charge in [-0.3, -0.25) is 4.79 Å². The number of rotatable bonds is 3. The molecule has 0 radical (unpaired) electrons. The summed E-state index contributed by atoms with van der Waals surface area (Å²) in [4.78, 5) is 14.4. The van der Waals surface area contributed by atoms with E-state index in [2.05, 4.69) is 13.8 Å². The molecule has 0 aromatic heterocycles. The number of anilines is 1. The maximum atomic E-state index is 12.3. The van der Waals surface area contributed by atoms with Crippen LogP contribution in [0.25, 0.3) is 0 Å². The first-order chi connectivity index (χ1) is 9.48. The Hall–Kier alpha value is -1.22. The minimum atomic E-state index is 0. The summed E-state index contributed by atoms with van der Waals surface area (Å²) in [6.45, 7) is 6.40. The molecular formula is C17H27ClN2O. The van der Waals surface area contributed by atoms with Crippen LogP contribution in [0.15, 0.2) is 24.3 Å². The van der Waals surface area contributed by atoms with Gasteiger partial charge in [-0.15, -0.1) is 12.4 Å². The lowest BCUT2D eigenvalue weighted by Crippen LogP contribution is -2.32. The summed E-state index contributed by atoms with van der Waals surface area (Å²) in [7, 11) is 0. The van der Waals surface area contributed by atoms with E-state index in [0.717, 1.165) is 43.6 Å². The monoisotopic (exact) mass is 310 g/mol. The molecule has 1 aromatic rings. The maximum Gasteiger partial charge on any atom is 0.222 e. The van der Waals surface area contributed by atoms with Crippen molar-refractivity contribution in [2.75, 3.05) is 18.8 Å². The molecule has 1 aliphatic heterocycles. The van der Waals surface area contributed by atoms with Crippen molar-refractivity contribution in [1.29, 1.82) is 0 Å². The van der Waals surface area contributed by atoms with Gasteiger partial charge in [-0.25, -0.2) is 0 Å². The summed E-state index contributed by atoms with van der Waals surface area (Å²) in [5.74, 6) is 0.269. The van der Waals surface area contributed by atoms with Gasteiger partial charge >= 0.3 is 0 Å². The van der Waals surface area contributed by atoms with Crippen LogP contribution in [0.1, 0.15) is 45.1 Å². The van der Waals surface area contributed by atoms with E-state index in [1.54, 1.807) is 0 Å².